The number of hydrogen-bond acceptors (Lipinski definition) is 6. The van der Waals surface area contributed by atoms with Crippen molar-refractivity contribution in [2.75, 3.05) is 14.2 Å². The van der Waals surface area contributed by atoms with E-state index in [1.807, 2.05) is 6.92 Å². The van der Waals surface area contributed by atoms with Gasteiger partial charge in [-0.3, -0.25) is 9.59 Å². The average Bonchev–Trinajstić information content (AvgIpc) is 2.95. The number of esters is 1. The molecule has 7 nitrogen and oxygen atoms in total. The molecule has 8 heteroatoms. The third-order valence-electron chi connectivity index (χ3n) is 5.13. The van der Waals surface area contributed by atoms with E-state index in [0.29, 0.717) is 6.42 Å². The summed E-state index contributed by atoms with van der Waals surface area (Å²) in [4.78, 5) is 23.5. The summed E-state index contributed by atoms with van der Waals surface area (Å²) in [5, 5.41) is 2.49. The van der Waals surface area contributed by atoms with Gasteiger partial charge < -0.3 is 24.3 Å². The highest BCUT2D eigenvalue weighted by molar-refractivity contribution is 6.11. The van der Waals surface area contributed by atoms with E-state index >= 15 is 0 Å². The van der Waals surface area contributed by atoms with E-state index in [1.165, 1.54) is 7.05 Å². The molecule has 1 N–H and O–H groups in total. The SMILES string of the molecule is [B][C@@H]1O[C@H](CC)C(OC(=O)CCC(=O)NC)[C@@H]1O[C@@H]1CCCC[C@H]1OC. The molecule has 2 radical (unpaired) electrons. The van der Waals surface area contributed by atoms with Crippen LogP contribution >= 0.6 is 0 Å². The molecule has 6 atom stereocenters. The summed E-state index contributed by atoms with van der Waals surface area (Å²) in [6, 6.07) is -0.656. The number of hydrogen-bond donors (Lipinski definition) is 1. The molecular formula is C18H30BNO6. The van der Waals surface area contributed by atoms with Crippen molar-refractivity contribution in [3.8, 4) is 0 Å². The van der Waals surface area contributed by atoms with Gasteiger partial charge in [0.05, 0.1) is 24.7 Å². The normalized spacial score (nSPS) is 34.4. The van der Waals surface area contributed by atoms with Crippen molar-refractivity contribution in [3.63, 3.8) is 0 Å². The predicted molar refractivity (Wildman–Crippen MR) is 95.8 cm³/mol. The van der Waals surface area contributed by atoms with E-state index in [4.69, 9.17) is 26.8 Å². The molecule has 0 spiro atoms. The summed E-state index contributed by atoms with van der Waals surface area (Å²) >= 11 is 0. The Bertz CT molecular complexity index is 477. The molecule has 1 unspecified atom stereocenters. The van der Waals surface area contributed by atoms with Gasteiger partial charge >= 0.3 is 5.97 Å². The molecular weight excluding hydrogens is 337 g/mol. The zero-order valence-electron chi connectivity index (χ0n) is 15.9. The summed E-state index contributed by atoms with van der Waals surface area (Å²) in [7, 11) is 9.33. The highest BCUT2D eigenvalue weighted by atomic mass is 16.6. The van der Waals surface area contributed by atoms with Gasteiger partial charge in [0.1, 0.15) is 14.0 Å². The molecule has 0 aromatic heterocycles. The summed E-state index contributed by atoms with van der Waals surface area (Å²) in [5.41, 5.74) is 0. The fraction of sp³-hybridized carbons (Fsp3) is 0.889. The molecule has 0 aromatic rings. The minimum atomic E-state index is -0.656. The van der Waals surface area contributed by atoms with Crippen LogP contribution in [0, 0.1) is 0 Å². The third-order valence-corrected chi connectivity index (χ3v) is 5.13. The van der Waals surface area contributed by atoms with Gasteiger partial charge in [-0.15, -0.1) is 0 Å². The lowest BCUT2D eigenvalue weighted by molar-refractivity contribution is -0.167. The largest absolute Gasteiger partial charge is 0.457 e. The van der Waals surface area contributed by atoms with Gasteiger partial charge in [-0.25, -0.2) is 0 Å². The van der Waals surface area contributed by atoms with Crippen molar-refractivity contribution >= 4 is 19.7 Å². The van der Waals surface area contributed by atoms with Crippen LogP contribution in [0.1, 0.15) is 51.9 Å². The molecule has 26 heavy (non-hydrogen) atoms. The Balaban J connectivity index is 1.99. The Hall–Kier alpha value is -1.12. The van der Waals surface area contributed by atoms with Crippen LogP contribution in [-0.4, -0.2) is 70.4 Å². The molecule has 1 aliphatic carbocycles. The van der Waals surface area contributed by atoms with E-state index in [1.54, 1.807) is 7.11 Å². The number of amides is 1. The first kappa shape index (κ1) is 21.2. The van der Waals surface area contributed by atoms with Gasteiger partial charge in [0.25, 0.3) is 0 Å². The average molecular weight is 367 g/mol. The van der Waals surface area contributed by atoms with Crippen molar-refractivity contribution < 1.29 is 28.5 Å². The lowest BCUT2D eigenvalue weighted by atomic mass is 9.90. The first-order chi connectivity index (χ1) is 12.5. The van der Waals surface area contributed by atoms with Crippen LogP contribution in [0.5, 0.6) is 0 Å². The van der Waals surface area contributed by atoms with Crippen molar-refractivity contribution in [2.24, 2.45) is 0 Å². The van der Waals surface area contributed by atoms with Crippen molar-refractivity contribution in [3.05, 3.63) is 0 Å². The number of rotatable bonds is 8. The monoisotopic (exact) mass is 367 g/mol. The number of methoxy groups -OCH3 is 1. The van der Waals surface area contributed by atoms with Crippen LogP contribution in [0.2, 0.25) is 0 Å². The van der Waals surface area contributed by atoms with E-state index in [-0.39, 0.29) is 37.1 Å². The molecule has 1 amide bonds. The maximum atomic E-state index is 12.2. The minimum absolute atomic E-state index is 0.0126. The van der Waals surface area contributed by atoms with E-state index in [0.717, 1.165) is 25.7 Å². The molecule has 2 aliphatic rings. The van der Waals surface area contributed by atoms with Gasteiger partial charge in [0.15, 0.2) is 6.10 Å². The van der Waals surface area contributed by atoms with E-state index < -0.39 is 24.2 Å². The molecule has 0 bridgehead atoms. The first-order valence-corrected chi connectivity index (χ1v) is 9.49. The van der Waals surface area contributed by atoms with Crippen LogP contribution in [0.25, 0.3) is 0 Å². The molecule has 2 rings (SSSR count). The fourth-order valence-corrected chi connectivity index (χ4v) is 3.62. The number of nitrogens with one attached hydrogen (secondary N) is 1. The zero-order chi connectivity index (χ0) is 19.1. The smallest absolute Gasteiger partial charge is 0.306 e. The minimum Gasteiger partial charge on any atom is -0.457 e. The lowest BCUT2D eigenvalue weighted by Crippen LogP contribution is -2.45. The molecule has 2 fully saturated rings. The van der Waals surface area contributed by atoms with Crippen molar-refractivity contribution in [1.29, 1.82) is 0 Å². The van der Waals surface area contributed by atoms with Crippen molar-refractivity contribution in [1.82, 2.24) is 5.32 Å². The van der Waals surface area contributed by atoms with E-state index in [2.05, 4.69) is 5.32 Å². The Morgan fingerprint density at radius 1 is 1.15 bits per heavy atom. The third kappa shape index (κ3) is 5.44. The molecule has 1 heterocycles. The maximum absolute atomic E-state index is 12.2. The fourth-order valence-electron chi connectivity index (χ4n) is 3.62. The maximum Gasteiger partial charge on any atom is 0.306 e. The van der Waals surface area contributed by atoms with Crippen LogP contribution in [0.3, 0.4) is 0 Å². The van der Waals surface area contributed by atoms with E-state index in [9.17, 15) is 9.59 Å². The molecule has 1 aliphatic heterocycles. The highest BCUT2D eigenvalue weighted by Gasteiger charge is 2.46. The van der Waals surface area contributed by atoms with Crippen LogP contribution in [-0.2, 0) is 28.5 Å². The Morgan fingerprint density at radius 2 is 1.85 bits per heavy atom. The Labute approximate surface area is 156 Å². The Morgan fingerprint density at radius 3 is 2.46 bits per heavy atom. The summed E-state index contributed by atoms with van der Waals surface area (Å²) < 4.78 is 23.1. The standard InChI is InChI=1S/C18H30BNO6/c1-4-11-16(26-15(22)10-9-14(21)20-2)17(18(19)25-11)24-13-8-6-5-7-12(13)23-3/h11-13,16-18H,4-10H2,1-3H3,(H,20,21)/t11-,12-,13-,16?,17+,18-/m1/s1. The quantitative estimate of drug-likeness (QED) is 0.511. The summed E-state index contributed by atoms with van der Waals surface area (Å²) in [6.45, 7) is 1.95. The first-order valence-electron chi connectivity index (χ1n) is 9.49. The van der Waals surface area contributed by atoms with Gasteiger partial charge in [0.2, 0.25) is 5.91 Å². The number of carbonyl (C=O) groups is 2. The van der Waals surface area contributed by atoms with Gasteiger partial charge in [-0.2, -0.15) is 0 Å². The van der Waals surface area contributed by atoms with Crippen LogP contribution in [0.4, 0.5) is 0 Å². The second-order valence-corrected chi connectivity index (χ2v) is 6.87. The summed E-state index contributed by atoms with van der Waals surface area (Å²) in [5.74, 6) is -0.651. The molecule has 0 aromatic carbocycles. The van der Waals surface area contributed by atoms with Crippen LogP contribution in [0.15, 0.2) is 0 Å². The lowest BCUT2D eigenvalue weighted by Gasteiger charge is -2.34. The molecule has 1 saturated carbocycles. The highest BCUT2D eigenvalue weighted by Crippen LogP contribution is 2.32. The van der Waals surface area contributed by atoms with Gasteiger partial charge in [-0.05, 0) is 19.3 Å². The zero-order valence-corrected chi connectivity index (χ0v) is 15.9. The van der Waals surface area contributed by atoms with Crippen LogP contribution < -0.4 is 5.32 Å². The van der Waals surface area contributed by atoms with Crippen molar-refractivity contribution in [2.45, 2.75) is 88.4 Å². The number of ether oxygens (including phenoxy) is 4. The van der Waals surface area contributed by atoms with Gasteiger partial charge in [-0.1, -0.05) is 19.8 Å². The summed E-state index contributed by atoms with van der Waals surface area (Å²) in [6.07, 6.45) is 3.26. The van der Waals surface area contributed by atoms with Gasteiger partial charge in [0, 0.05) is 26.6 Å². The topological polar surface area (TPSA) is 83.1 Å². The Kier molecular flexibility index (Phi) is 8.38. The second-order valence-electron chi connectivity index (χ2n) is 6.87. The number of carbonyl (C=O) groups excluding carboxylic acids is 2. The molecule has 1 saturated heterocycles. The predicted octanol–water partition coefficient (Wildman–Crippen LogP) is 1.07. The molecule has 146 valence electrons. The second kappa shape index (κ2) is 10.3.